The van der Waals surface area contributed by atoms with Crippen LogP contribution in [0.15, 0.2) is 15.9 Å². The Morgan fingerprint density at radius 1 is 1.47 bits per heavy atom. The largest absolute Gasteiger partial charge is 0.390 e. The maximum atomic E-state index is 10.3. The number of rotatable bonds is 5. The minimum absolute atomic E-state index is 0.0517. The van der Waals surface area contributed by atoms with Crippen molar-refractivity contribution in [1.82, 2.24) is 0 Å². The summed E-state index contributed by atoms with van der Waals surface area (Å²) in [6.45, 7) is 8.89. The Hall–Kier alpha value is 0.1000. The van der Waals surface area contributed by atoms with Crippen molar-refractivity contribution in [2.24, 2.45) is 5.41 Å². The van der Waals surface area contributed by atoms with Crippen molar-refractivity contribution in [2.45, 2.75) is 46.3 Å². The summed E-state index contributed by atoms with van der Waals surface area (Å²) in [5, 5.41) is 12.3. The second kappa shape index (κ2) is 6.32. The predicted molar refractivity (Wildman–Crippen MR) is 76.6 cm³/mol. The fourth-order valence-electron chi connectivity index (χ4n) is 1.89. The van der Waals surface area contributed by atoms with Crippen LogP contribution < -0.4 is 0 Å². The van der Waals surface area contributed by atoms with Crippen molar-refractivity contribution in [3.8, 4) is 0 Å². The van der Waals surface area contributed by atoms with E-state index in [0.717, 1.165) is 4.47 Å². The molecule has 0 aromatic carbocycles. The number of hydrogen-bond donors (Lipinski definition) is 1. The molecule has 0 radical (unpaired) electrons. The van der Waals surface area contributed by atoms with Gasteiger partial charge in [-0.2, -0.15) is 0 Å². The molecule has 1 heterocycles. The van der Waals surface area contributed by atoms with Crippen molar-refractivity contribution in [3.63, 3.8) is 0 Å². The van der Waals surface area contributed by atoms with Crippen LogP contribution in [0.1, 0.15) is 32.6 Å². The van der Waals surface area contributed by atoms with Crippen LogP contribution in [0.25, 0.3) is 0 Å². The van der Waals surface area contributed by atoms with Gasteiger partial charge in [0.05, 0.1) is 12.2 Å². The lowest BCUT2D eigenvalue weighted by atomic mass is 9.84. The topological polar surface area (TPSA) is 29.5 Å². The van der Waals surface area contributed by atoms with Crippen molar-refractivity contribution >= 4 is 27.3 Å². The van der Waals surface area contributed by atoms with Crippen molar-refractivity contribution in [3.05, 3.63) is 20.8 Å². The molecule has 0 spiro atoms. The van der Waals surface area contributed by atoms with Crippen LogP contribution >= 0.6 is 27.3 Å². The lowest BCUT2D eigenvalue weighted by Gasteiger charge is -2.34. The zero-order valence-corrected chi connectivity index (χ0v) is 13.3. The van der Waals surface area contributed by atoms with Crippen LogP contribution in [-0.2, 0) is 11.2 Å². The second-order valence-corrected chi connectivity index (χ2v) is 7.16. The van der Waals surface area contributed by atoms with Gasteiger partial charge in [0.15, 0.2) is 0 Å². The Morgan fingerprint density at radius 3 is 2.53 bits per heavy atom. The van der Waals surface area contributed by atoms with E-state index >= 15 is 0 Å². The number of aliphatic hydroxyl groups excluding tert-OH is 1. The van der Waals surface area contributed by atoms with E-state index in [1.807, 2.05) is 12.3 Å². The molecule has 1 aromatic rings. The van der Waals surface area contributed by atoms with E-state index in [1.54, 1.807) is 11.3 Å². The minimum atomic E-state index is -0.458. The summed E-state index contributed by atoms with van der Waals surface area (Å²) >= 11 is 5.09. The molecule has 0 saturated heterocycles. The molecule has 17 heavy (non-hydrogen) atoms. The lowest BCUT2D eigenvalue weighted by molar-refractivity contribution is -0.0871. The molecule has 2 unspecified atom stereocenters. The van der Waals surface area contributed by atoms with Crippen LogP contribution in [0, 0.1) is 5.41 Å². The lowest BCUT2D eigenvalue weighted by Crippen LogP contribution is -2.41. The van der Waals surface area contributed by atoms with E-state index in [-0.39, 0.29) is 11.5 Å². The number of ether oxygens (including phenoxy) is 1. The van der Waals surface area contributed by atoms with Gasteiger partial charge < -0.3 is 9.84 Å². The maximum absolute atomic E-state index is 10.3. The molecule has 0 amide bonds. The summed E-state index contributed by atoms with van der Waals surface area (Å²) in [6.07, 6.45) is 0.0620. The average molecular weight is 321 g/mol. The first kappa shape index (κ1) is 15.2. The zero-order valence-electron chi connectivity index (χ0n) is 10.9. The average Bonchev–Trinajstić information content (AvgIpc) is 2.58. The molecule has 0 aliphatic heterocycles. The van der Waals surface area contributed by atoms with Crippen LogP contribution in [0.2, 0.25) is 0 Å². The smallest absolute Gasteiger partial charge is 0.0885 e. The Labute approximate surface area is 116 Å². The SMILES string of the molecule is CCOC(C(O)Cc1cc(Br)cs1)C(C)(C)C. The first-order valence-electron chi connectivity index (χ1n) is 5.87. The summed E-state index contributed by atoms with van der Waals surface area (Å²) in [5.74, 6) is 0. The number of thiophene rings is 1. The first-order valence-corrected chi connectivity index (χ1v) is 7.54. The standard InChI is InChI=1S/C13H21BrO2S/c1-5-16-12(13(2,3)4)11(15)7-10-6-9(14)8-17-10/h6,8,11-12,15H,5,7H2,1-4H3. The Bertz CT molecular complexity index is 343. The van der Waals surface area contributed by atoms with Gasteiger partial charge in [0, 0.05) is 27.8 Å². The van der Waals surface area contributed by atoms with Gasteiger partial charge in [0.25, 0.3) is 0 Å². The highest BCUT2D eigenvalue weighted by atomic mass is 79.9. The van der Waals surface area contributed by atoms with Gasteiger partial charge in [0.2, 0.25) is 0 Å². The third kappa shape index (κ3) is 4.70. The Kier molecular flexibility index (Phi) is 5.64. The van der Waals surface area contributed by atoms with Gasteiger partial charge in [-0.15, -0.1) is 11.3 Å². The Morgan fingerprint density at radius 2 is 2.12 bits per heavy atom. The number of aliphatic hydroxyl groups is 1. The molecule has 1 N–H and O–H groups in total. The van der Waals surface area contributed by atoms with Crippen LogP contribution in [0.4, 0.5) is 0 Å². The minimum Gasteiger partial charge on any atom is -0.390 e. The summed E-state index contributed by atoms with van der Waals surface area (Å²) in [7, 11) is 0. The molecule has 0 aliphatic carbocycles. The van der Waals surface area contributed by atoms with Gasteiger partial charge in [-0.05, 0) is 34.3 Å². The molecule has 0 bridgehead atoms. The fourth-order valence-corrected chi connectivity index (χ4v) is 3.39. The summed E-state index contributed by atoms with van der Waals surface area (Å²) in [5.41, 5.74) is -0.0517. The number of halogens is 1. The molecule has 0 fully saturated rings. The van der Waals surface area contributed by atoms with Gasteiger partial charge in [0.1, 0.15) is 0 Å². The van der Waals surface area contributed by atoms with E-state index in [2.05, 4.69) is 42.8 Å². The maximum Gasteiger partial charge on any atom is 0.0885 e. The zero-order chi connectivity index (χ0) is 13.1. The molecule has 0 aliphatic rings. The van der Waals surface area contributed by atoms with E-state index in [1.165, 1.54) is 4.88 Å². The molecule has 1 rings (SSSR count). The molecular weight excluding hydrogens is 300 g/mol. The van der Waals surface area contributed by atoms with Gasteiger partial charge in [-0.25, -0.2) is 0 Å². The highest BCUT2D eigenvalue weighted by Gasteiger charge is 2.32. The molecule has 98 valence electrons. The van der Waals surface area contributed by atoms with E-state index in [0.29, 0.717) is 13.0 Å². The van der Waals surface area contributed by atoms with Gasteiger partial charge >= 0.3 is 0 Å². The Balaban J connectivity index is 2.68. The highest BCUT2D eigenvalue weighted by Crippen LogP contribution is 2.28. The fraction of sp³-hybridized carbons (Fsp3) is 0.692. The first-order chi connectivity index (χ1) is 7.84. The van der Waals surface area contributed by atoms with Gasteiger partial charge in [-0.1, -0.05) is 20.8 Å². The third-order valence-corrected chi connectivity index (χ3v) is 4.30. The van der Waals surface area contributed by atoms with Crippen molar-refractivity contribution in [2.75, 3.05) is 6.61 Å². The van der Waals surface area contributed by atoms with Crippen molar-refractivity contribution < 1.29 is 9.84 Å². The second-order valence-electron chi connectivity index (χ2n) is 5.24. The highest BCUT2D eigenvalue weighted by molar-refractivity contribution is 9.10. The molecule has 0 saturated carbocycles. The van der Waals surface area contributed by atoms with E-state index < -0.39 is 6.10 Å². The molecule has 1 aromatic heterocycles. The van der Waals surface area contributed by atoms with Crippen LogP contribution in [0.3, 0.4) is 0 Å². The monoisotopic (exact) mass is 320 g/mol. The van der Waals surface area contributed by atoms with Gasteiger partial charge in [-0.3, -0.25) is 0 Å². The molecule has 2 atom stereocenters. The normalized spacial score (nSPS) is 15.9. The quantitative estimate of drug-likeness (QED) is 0.892. The molecular formula is C13H21BrO2S. The molecule has 2 nitrogen and oxygen atoms in total. The van der Waals surface area contributed by atoms with E-state index in [9.17, 15) is 5.11 Å². The summed E-state index contributed by atoms with van der Waals surface area (Å²) < 4.78 is 6.77. The summed E-state index contributed by atoms with van der Waals surface area (Å²) in [4.78, 5) is 1.18. The van der Waals surface area contributed by atoms with Crippen LogP contribution in [0.5, 0.6) is 0 Å². The van der Waals surface area contributed by atoms with E-state index in [4.69, 9.17) is 4.74 Å². The van der Waals surface area contributed by atoms with Crippen LogP contribution in [-0.4, -0.2) is 23.9 Å². The predicted octanol–water partition coefficient (Wildman–Crippen LogP) is 3.87. The third-order valence-electron chi connectivity index (χ3n) is 2.58. The van der Waals surface area contributed by atoms with Crippen molar-refractivity contribution in [1.29, 1.82) is 0 Å². The number of hydrogen-bond acceptors (Lipinski definition) is 3. The molecule has 4 heteroatoms. The summed E-state index contributed by atoms with van der Waals surface area (Å²) in [6, 6.07) is 2.06.